The number of benzene rings is 3. The molecule has 1 aromatic heterocycles. The van der Waals surface area contributed by atoms with E-state index in [1.807, 2.05) is 12.1 Å². The Hall–Kier alpha value is -3.98. The van der Waals surface area contributed by atoms with Crippen LogP contribution >= 0.6 is 11.3 Å². The molecule has 3 heterocycles. The number of phenolic OH excluding ortho intramolecular Hbond substituents is 1. The maximum atomic E-state index is 13.4. The molecule has 1 saturated heterocycles. The maximum absolute atomic E-state index is 13.4. The summed E-state index contributed by atoms with van der Waals surface area (Å²) in [6.07, 6.45) is 0. The van der Waals surface area contributed by atoms with Gasteiger partial charge < -0.3 is 28.8 Å². The zero-order valence-electron chi connectivity index (χ0n) is 21.0. The van der Waals surface area contributed by atoms with Gasteiger partial charge in [0.05, 0.1) is 37.0 Å². The topological polar surface area (TPSA) is 96.3 Å². The number of aryl methyl sites for hydroxylation is 1. The molecule has 0 unspecified atom stereocenters. The monoisotopic (exact) mass is 531 g/mol. The van der Waals surface area contributed by atoms with Crippen LogP contribution in [-0.4, -0.2) is 43.7 Å². The number of aromatic hydroxyl groups is 1. The average molecular weight is 532 g/mol. The van der Waals surface area contributed by atoms with Gasteiger partial charge in [0.1, 0.15) is 5.01 Å². The van der Waals surface area contributed by atoms with E-state index in [1.165, 1.54) is 14.2 Å². The summed E-state index contributed by atoms with van der Waals surface area (Å²) in [5.74, 6) is 0.352. The third kappa shape index (κ3) is 3.34. The van der Waals surface area contributed by atoms with Crippen molar-refractivity contribution >= 4 is 27.5 Å². The molecule has 3 aromatic carbocycles. The van der Waals surface area contributed by atoms with Crippen LogP contribution in [0.4, 0.5) is 0 Å². The number of fused-ring (bicyclic) bond motifs is 4. The molecule has 2 aliphatic heterocycles. The van der Waals surface area contributed by atoms with E-state index in [2.05, 4.69) is 25.1 Å². The van der Waals surface area contributed by atoms with Gasteiger partial charge in [-0.3, -0.25) is 4.79 Å². The molecular weight excluding hydrogens is 506 g/mol. The largest absolute Gasteiger partial charge is 0.502 e. The van der Waals surface area contributed by atoms with Gasteiger partial charge in [0.2, 0.25) is 12.5 Å². The van der Waals surface area contributed by atoms with Crippen molar-refractivity contribution in [3.05, 3.63) is 69.7 Å². The highest BCUT2D eigenvalue weighted by Gasteiger charge is 2.53. The molecule has 1 fully saturated rings. The quantitative estimate of drug-likeness (QED) is 0.363. The van der Waals surface area contributed by atoms with Crippen LogP contribution in [0.15, 0.2) is 42.5 Å². The number of ether oxygens (including phenoxy) is 5. The second-order valence-electron chi connectivity index (χ2n) is 9.91. The molecule has 194 valence electrons. The van der Waals surface area contributed by atoms with Crippen molar-refractivity contribution in [1.29, 1.82) is 0 Å². The fourth-order valence-electron chi connectivity index (χ4n) is 6.16. The number of thiazole rings is 1. The summed E-state index contributed by atoms with van der Waals surface area (Å²) in [5.41, 5.74) is 4.84. The first kappa shape index (κ1) is 23.2. The van der Waals surface area contributed by atoms with Gasteiger partial charge in [0, 0.05) is 17.8 Å². The molecule has 3 aliphatic rings. The van der Waals surface area contributed by atoms with Crippen LogP contribution in [0.2, 0.25) is 0 Å². The summed E-state index contributed by atoms with van der Waals surface area (Å²) in [6.45, 7) is 2.49. The summed E-state index contributed by atoms with van der Waals surface area (Å²) in [7, 11) is 2.98. The first-order valence-corrected chi connectivity index (χ1v) is 13.2. The Labute approximate surface area is 222 Å². The van der Waals surface area contributed by atoms with Crippen LogP contribution < -0.4 is 18.9 Å². The molecule has 9 heteroatoms. The highest BCUT2D eigenvalue weighted by atomic mass is 32.1. The lowest BCUT2D eigenvalue weighted by atomic mass is 9.63. The highest BCUT2D eigenvalue weighted by molar-refractivity contribution is 7.18. The van der Waals surface area contributed by atoms with Crippen molar-refractivity contribution in [3.8, 4) is 28.7 Å². The lowest BCUT2D eigenvalue weighted by Gasteiger charge is -2.38. The first-order chi connectivity index (χ1) is 18.5. The predicted octanol–water partition coefficient (Wildman–Crippen LogP) is 5.12. The van der Waals surface area contributed by atoms with Crippen LogP contribution in [0.5, 0.6) is 28.7 Å². The summed E-state index contributed by atoms with van der Waals surface area (Å²) in [6, 6.07) is 13.8. The Morgan fingerprint density at radius 1 is 0.947 bits per heavy atom. The van der Waals surface area contributed by atoms with E-state index in [4.69, 9.17) is 28.7 Å². The number of nitrogens with zero attached hydrogens (tertiary/aromatic N) is 1. The van der Waals surface area contributed by atoms with Gasteiger partial charge in [-0.05, 0) is 65.6 Å². The smallest absolute Gasteiger partial charge is 0.310 e. The molecule has 1 N–H and O–H groups in total. The Kier molecular flexibility index (Phi) is 5.20. The van der Waals surface area contributed by atoms with Crippen LogP contribution in [0.3, 0.4) is 0 Å². The normalized spacial score (nSPS) is 23.2. The number of methoxy groups -OCH3 is 2. The Morgan fingerprint density at radius 2 is 1.63 bits per heavy atom. The molecule has 0 saturated carbocycles. The van der Waals surface area contributed by atoms with E-state index >= 15 is 0 Å². The minimum Gasteiger partial charge on any atom is -0.502 e. The summed E-state index contributed by atoms with van der Waals surface area (Å²) in [5, 5.41) is 11.5. The van der Waals surface area contributed by atoms with Crippen LogP contribution in [0, 0.1) is 18.8 Å². The molecule has 1 aliphatic carbocycles. The van der Waals surface area contributed by atoms with Gasteiger partial charge >= 0.3 is 5.97 Å². The molecule has 0 bridgehead atoms. The molecule has 4 atom stereocenters. The second kappa shape index (κ2) is 8.52. The lowest BCUT2D eigenvalue weighted by Crippen LogP contribution is -2.35. The molecule has 0 spiro atoms. The van der Waals surface area contributed by atoms with E-state index in [0.29, 0.717) is 18.1 Å². The van der Waals surface area contributed by atoms with Gasteiger partial charge in [0.25, 0.3) is 0 Å². The van der Waals surface area contributed by atoms with Crippen molar-refractivity contribution in [2.75, 3.05) is 27.6 Å². The van der Waals surface area contributed by atoms with Crippen molar-refractivity contribution in [2.45, 2.75) is 18.8 Å². The Bertz CT molecular complexity index is 1590. The third-order valence-electron chi connectivity index (χ3n) is 7.87. The number of phenols is 1. The zero-order chi connectivity index (χ0) is 26.1. The second-order valence-corrected chi connectivity index (χ2v) is 11.0. The Balaban J connectivity index is 1.48. The van der Waals surface area contributed by atoms with Gasteiger partial charge in [-0.15, -0.1) is 11.3 Å². The number of hydrogen-bond acceptors (Lipinski definition) is 9. The zero-order valence-corrected chi connectivity index (χ0v) is 21.8. The number of hydrogen-bond donors (Lipinski definition) is 1. The van der Waals surface area contributed by atoms with Gasteiger partial charge in [-0.2, -0.15) is 0 Å². The molecular formula is C29H25NO7S. The molecule has 0 amide bonds. The molecule has 38 heavy (non-hydrogen) atoms. The SMILES string of the molecule is COc1cc([C@@H]2c3cc4c(cc3[C@@H](c3nc5cc(C)ccc5s3)[C@H]3COC(=O)[C@H]23)OCO4)cc(OC)c1O. The predicted molar refractivity (Wildman–Crippen MR) is 140 cm³/mol. The maximum Gasteiger partial charge on any atom is 0.310 e. The van der Waals surface area contributed by atoms with Crippen molar-refractivity contribution in [2.24, 2.45) is 11.8 Å². The standard InChI is InChI=1S/C29H25NO7S/c1-13-4-5-23-18(6-13)30-28(38-23)25-16-10-20-19(36-12-37-20)9-15(16)24(26-17(25)11-35-29(26)32)14-7-21(33-2)27(31)22(8-14)34-3/h4-10,17,24-26,31H,11-12H2,1-3H3/t17-,24-,25-,26+/m1/s1. The van der Waals surface area contributed by atoms with Crippen molar-refractivity contribution in [1.82, 2.24) is 4.98 Å². The summed E-state index contributed by atoms with van der Waals surface area (Å²) < 4.78 is 29.3. The fraction of sp³-hybridized carbons (Fsp3) is 0.310. The number of esters is 1. The number of carbonyl (C=O) groups excluding carboxylic acids is 1. The number of rotatable bonds is 4. The van der Waals surface area contributed by atoms with E-state index in [1.54, 1.807) is 23.5 Å². The van der Waals surface area contributed by atoms with Gasteiger partial charge in [-0.1, -0.05) is 6.07 Å². The van der Waals surface area contributed by atoms with Gasteiger partial charge in [-0.25, -0.2) is 4.98 Å². The van der Waals surface area contributed by atoms with E-state index in [-0.39, 0.29) is 47.8 Å². The van der Waals surface area contributed by atoms with E-state index in [0.717, 1.165) is 37.5 Å². The third-order valence-corrected chi connectivity index (χ3v) is 8.99. The summed E-state index contributed by atoms with van der Waals surface area (Å²) in [4.78, 5) is 18.4. The van der Waals surface area contributed by atoms with Gasteiger partial charge in [0.15, 0.2) is 23.0 Å². The average Bonchev–Trinajstić information content (AvgIpc) is 3.64. The fourth-order valence-corrected chi connectivity index (χ4v) is 7.30. The minimum atomic E-state index is -0.472. The number of aromatic nitrogens is 1. The summed E-state index contributed by atoms with van der Waals surface area (Å²) >= 11 is 1.65. The molecule has 0 radical (unpaired) electrons. The number of cyclic esters (lactones) is 1. The van der Waals surface area contributed by atoms with Crippen LogP contribution in [0.1, 0.15) is 39.1 Å². The van der Waals surface area contributed by atoms with E-state index in [9.17, 15) is 9.90 Å². The lowest BCUT2D eigenvalue weighted by molar-refractivity contribution is -0.141. The van der Waals surface area contributed by atoms with Crippen LogP contribution in [-0.2, 0) is 9.53 Å². The molecule has 7 rings (SSSR count). The van der Waals surface area contributed by atoms with Crippen molar-refractivity contribution < 1.29 is 33.6 Å². The molecule has 8 nitrogen and oxygen atoms in total. The van der Waals surface area contributed by atoms with E-state index < -0.39 is 5.92 Å². The first-order valence-electron chi connectivity index (χ1n) is 12.4. The molecule has 4 aromatic rings. The Morgan fingerprint density at radius 3 is 2.32 bits per heavy atom. The highest BCUT2D eigenvalue weighted by Crippen LogP contribution is 2.58. The van der Waals surface area contributed by atoms with Crippen LogP contribution in [0.25, 0.3) is 10.2 Å². The minimum absolute atomic E-state index is 0.0892. The number of carbonyl (C=O) groups is 1. The van der Waals surface area contributed by atoms with Crippen molar-refractivity contribution in [3.63, 3.8) is 0 Å².